The lowest BCUT2D eigenvalue weighted by molar-refractivity contribution is 0.682. The Morgan fingerprint density at radius 2 is 2.05 bits per heavy atom. The van der Waals surface area contributed by atoms with Crippen LogP contribution in [0.15, 0.2) is 35.4 Å². The van der Waals surface area contributed by atoms with Crippen LogP contribution in [0.5, 0.6) is 0 Å². The highest BCUT2D eigenvalue weighted by molar-refractivity contribution is 5.59. The third kappa shape index (κ3) is 2.19. The smallest absolute Gasteiger partial charge is 0.255 e. The molecule has 0 bridgehead atoms. The van der Waals surface area contributed by atoms with E-state index in [1.807, 2.05) is 12.1 Å². The molecule has 1 aliphatic heterocycles. The lowest BCUT2D eigenvalue weighted by atomic mass is 10.2. The van der Waals surface area contributed by atoms with E-state index in [9.17, 15) is 4.79 Å². The Morgan fingerprint density at radius 3 is 2.70 bits per heavy atom. The molecule has 0 amide bonds. The SMILES string of the molecule is CC1CCCN1c1nc(-c2ccncc2)cc(=O)n1C. The van der Waals surface area contributed by atoms with Gasteiger partial charge in [0, 0.05) is 43.7 Å². The van der Waals surface area contributed by atoms with Gasteiger partial charge >= 0.3 is 0 Å². The highest BCUT2D eigenvalue weighted by atomic mass is 16.1. The van der Waals surface area contributed by atoms with Gasteiger partial charge in [-0.1, -0.05) is 0 Å². The quantitative estimate of drug-likeness (QED) is 0.835. The van der Waals surface area contributed by atoms with Crippen LogP contribution in [-0.4, -0.2) is 27.1 Å². The van der Waals surface area contributed by atoms with Crippen LogP contribution < -0.4 is 10.5 Å². The normalized spacial score (nSPS) is 18.5. The largest absolute Gasteiger partial charge is 0.339 e. The Bertz CT molecular complexity index is 665. The van der Waals surface area contributed by atoms with Crippen molar-refractivity contribution < 1.29 is 0 Å². The second-order valence-corrected chi connectivity index (χ2v) is 5.26. The molecule has 0 spiro atoms. The van der Waals surface area contributed by atoms with Gasteiger partial charge in [-0.15, -0.1) is 0 Å². The van der Waals surface area contributed by atoms with Crippen molar-refractivity contribution in [2.24, 2.45) is 7.05 Å². The summed E-state index contributed by atoms with van der Waals surface area (Å²) in [6, 6.07) is 5.76. The maximum Gasteiger partial charge on any atom is 0.255 e. The van der Waals surface area contributed by atoms with E-state index >= 15 is 0 Å². The van der Waals surface area contributed by atoms with Crippen LogP contribution in [0.25, 0.3) is 11.3 Å². The topological polar surface area (TPSA) is 51.0 Å². The summed E-state index contributed by atoms with van der Waals surface area (Å²) in [5, 5.41) is 0. The Kier molecular flexibility index (Phi) is 3.26. The third-order valence-electron chi connectivity index (χ3n) is 3.90. The van der Waals surface area contributed by atoms with E-state index in [0.717, 1.165) is 30.9 Å². The van der Waals surface area contributed by atoms with Gasteiger partial charge < -0.3 is 4.90 Å². The van der Waals surface area contributed by atoms with E-state index in [-0.39, 0.29) is 5.56 Å². The minimum absolute atomic E-state index is 0.0269. The molecule has 1 aliphatic rings. The maximum absolute atomic E-state index is 12.2. The first-order chi connectivity index (χ1) is 9.66. The highest BCUT2D eigenvalue weighted by Crippen LogP contribution is 2.24. The number of rotatable bonds is 2. The van der Waals surface area contributed by atoms with Gasteiger partial charge in [0.2, 0.25) is 5.95 Å². The van der Waals surface area contributed by atoms with Gasteiger partial charge in [0.15, 0.2) is 0 Å². The first kappa shape index (κ1) is 12.8. The van der Waals surface area contributed by atoms with Gasteiger partial charge in [-0.05, 0) is 31.9 Å². The first-order valence-electron chi connectivity index (χ1n) is 6.92. The predicted molar refractivity (Wildman–Crippen MR) is 78.8 cm³/mol. The van der Waals surface area contributed by atoms with Crippen molar-refractivity contribution in [2.75, 3.05) is 11.4 Å². The Hall–Kier alpha value is -2.17. The van der Waals surface area contributed by atoms with E-state index in [4.69, 9.17) is 4.98 Å². The van der Waals surface area contributed by atoms with E-state index in [1.165, 1.54) is 0 Å². The summed E-state index contributed by atoms with van der Waals surface area (Å²) >= 11 is 0. The molecule has 3 heterocycles. The molecule has 0 radical (unpaired) electrons. The van der Waals surface area contributed by atoms with Crippen molar-refractivity contribution >= 4 is 5.95 Å². The molecule has 0 aromatic carbocycles. The molecule has 1 saturated heterocycles. The first-order valence-corrected chi connectivity index (χ1v) is 6.92. The zero-order chi connectivity index (χ0) is 14.1. The number of hydrogen-bond acceptors (Lipinski definition) is 4. The van der Waals surface area contributed by atoms with E-state index in [0.29, 0.717) is 11.7 Å². The number of hydrogen-bond donors (Lipinski definition) is 0. The Labute approximate surface area is 117 Å². The third-order valence-corrected chi connectivity index (χ3v) is 3.90. The van der Waals surface area contributed by atoms with Crippen molar-refractivity contribution in [2.45, 2.75) is 25.8 Å². The number of nitrogens with zero attached hydrogens (tertiary/aromatic N) is 4. The fourth-order valence-electron chi connectivity index (χ4n) is 2.69. The minimum Gasteiger partial charge on any atom is -0.339 e. The second-order valence-electron chi connectivity index (χ2n) is 5.26. The van der Waals surface area contributed by atoms with E-state index in [1.54, 1.807) is 30.1 Å². The summed E-state index contributed by atoms with van der Waals surface area (Å²) in [5.41, 5.74) is 1.61. The summed E-state index contributed by atoms with van der Waals surface area (Å²) in [6.45, 7) is 3.14. The van der Waals surface area contributed by atoms with Crippen LogP contribution in [0.4, 0.5) is 5.95 Å². The summed E-state index contributed by atoms with van der Waals surface area (Å²) < 4.78 is 1.63. The fraction of sp³-hybridized carbons (Fsp3) is 0.400. The molecule has 104 valence electrons. The van der Waals surface area contributed by atoms with E-state index < -0.39 is 0 Å². The van der Waals surface area contributed by atoms with Crippen LogP contribution in [0.2, 0.25) is 0 Å². The van der Waals surface area contributed by atoms with Crippen LogP contribution in [0.1, 0.15) is 19.8 Å². The Morgan fingerprint density at radius 1 is 1.30 bits per heavy atom. The van der Waals surface area contributed by atoms with Crippen LogP contribution in [0, 0.1) is 0 Å². The fourth-order valence-corrected chi connectivity index (χ4v) is 2.69. The van der Waals surface area contributed by atoms with Gasteiger partial charge in [0.05, 0.1) is 5.69 Å². The molecule has 20 heavy (non-hydrogen) atoms. The molecule has 3 rings (SSSR count). The summed E-state index contributed by atoms with van der Waals surface area (Å²) in [7, 11) is 1.78. The predicted octanol–water partition coefficient (Wildman–Crippen LogP) is 1.83. The zero-order valence-electron chi connectivity index (χ0n) is 11.8. The number of aromatic nitrogens is 3. The van der Waals surface area contributed by atoms with E-state index in [2.05, 4.69) is 16.8 Å². The molecule has 0 saturated carbocycles. The van der Waals surface area contributed by atoms with Crippen molar-refractivity contribution in [1.29, 1.82) is 0 Å². The van der Waals surface area contributed by atoms with Gasteiger partial charge in [0.25, 0.3) is 5.56 Å². The minimum atomic E-state index is -0.0269. The lowest BCUT2D eigenvalue weighted by Crippen LogP contribution is -2.33. The summed E-state index contributed by atoms with van der Waals surface area (Å²) in [6.07, 6.45) is 5.73. The number of pyridine rings is 1. The van der Waals surface area contributed by atoms with Crippen molar-refractivity contribution in [3.8, 4) is 11.3 Å². The van der Waals surface area contributed by atoms with Crippen LogP contribution >= 0.6 is 0 Å². The Balaban J connectivity index is 2.11. The second kappa shape index (κ2) is 5.07. The average Bonchev–Trinajstić information content (AvgIpc) is 2.89. The van der Waals surface area contributed by atoms with Gasteiger partial charge in [-0.2, -0.15) is 0 Å². The molecular weight excluding hydrogens is 252 g/mol. The van der Waals surface area contributed by atoms with Gasteiger partial charge in [-0.3, -0.25) is 14.3 Å². The van der Waals surface area contributed by atoms with Gasteiger partial charge in [0.1, 0.15) is 0 Å². The van der Waals surface area contributed by atoms with Crippen molar-refractivity contribution in [1.82, 2.24) is 14.5 Å². The summed E-state index contributed by atoms with van der Waals surface area (Å²) in [4.78, 5) is 23.1. The summed E-state index contributed by atoms with van der Waals surface area (Å²) in [5.74, 6) is 0.759. The molecule has 1 atom stereocenters. The van der Waals surface area contributed by atoms with Gasteiger partial charge in [-0.25, -0.2) is 4.98 Å². The highest BCUT2D eigenvalue weighted by Gasteiger charge is 2.24. The van der Waals surface area contributed by atoms with Crippen molar-refractivity contribution in [3.63, 3.8) is 0 Å². The monoisotopic (exact) mass is 270 g/mol. The maximum atomic E-state index is 12.2. The molecule has 2 aromatic rings. The van der Waals surface area contributed by atoms with Crippen LogP contribution in [-0.2, 0) is 7.05 Å². The molecule has 5 nitrogen and oxygen atoms in total. The molecule has 1 fully saturated rings. The number of anilines is 1. The molecule has 0 N–H and O–H groups in total. The molecule has 1 unspecified atom stereocenters. The zero-order valence-corrected chi connectivity index (χ0v) is 11.8. The van der Waals surface area contributed by atoms with Crippen LogP contribution in [0.3, 0.4) is 0 Å². The van der Waals surface area contributed by atoms with Crippen molar-refractivity contribution in [3.05, 3.63) is 40.9 Å². The molecule has 2 aromatic heterocycles. The standard InChI is InChI=1S/C15H18N4O/c1-11-4-3-9-19(11)15-17-13(10-14(20)18(15)2)12-5-7-16-8-6-12/h5-8,10-11H,3-4,9H2,1-2H3. The molecule has 5 heteroatoms. The average molecular weight is 270 g/mol. The molecular formula is C15H18N4O. The lowest BCUT2D eigenvalue weighted by Gasteiger charge is -2.24. The molecule has 0 aliphatic carbocycles.